The normalized spacial score (nSPS) is 11.2. The molecule has 0 radical (unpaired) electrons. The summed E-state index contributed by atoms with van der Waals surface area (Å²) in [7, 11) is 0. The lowest BCUT2D eigenvalue weighted by molar-refractivity contribution is 0.627. The first kappa shape index (κ1) is 21.1. The van der Waals surface area contributed by atoms with Gasteiger partial charge in [-0.05, 0) is 44.0 Å². The molecule has 0 N–H and O–H groups in total. The van der Waals surface area contributed by atoms with Crippen LogP contribution in [-0.4, -0.2) is 14.8 Å². The number of aryl methyl sites for hydroxylation is 2. The third kappa shape index (κ3) is 4.17. The van der Waals surface area contributed by atoms with Crippen molar-refractivity contribution in [3.05, 3.63) is 74.7 Å². The molecular weight excluding hydrogens is 437 g/mol. The molecule has 0 aliphatic carbocycles. The number of benzene rings is 2. The van der Waals surface area contributed by atoms with Crippen LogP contribution in [0.2, 0.25) is 5.02 Å². The van der Waals surface area contributed by atoms with E-state index in [-0.39, 0.29) is 5.82 Å². The minimum Gasteiger partial charge on any atom is -0.302 e. The summed E-state index contributed by atoms with van der Waals surface area (Å²) in [4.78, 5) is 1.26. The number of hydrogen-bond donors (Lipinski definition) is 0. The summed E-state index contributed by atoms with van der Waals surface area (Å²) in [6.45, 7) is 7.08. The lowest BCUT2D eigenvalue weighted by Crippen LogP contribution is -2.00. The monoisotopic (exact) mass is 457 g/mol. The van der Waals surface area contributed by atoms with Gasteiger partial charge in [0.15, 0.2) is 11.0 Å². The molecule has 4 aromatic rings. The summed E-state index contributed by atoms with van der Waals surface area (Å²) in [5.41, 5.74) is 5.61. The smallest absolute Gasteiger partial charge is 0.191 e. The maximum Gasteiger partial charge on any atom is 0.191 e. The lowest BCUT2D eigenvalue weighted by Gasteiger charge is -2.10. The molecule has 0 atom stereocenters. The minimum absolute atomic E-state index is 0.329. The number of halogens is 2. The highest BCUT2D eigenvalue weighted by Crippen LogP contribution is 2.39. The van der Waals surface area contributed by atoms with Gasteiger partial charge in [0, 0.05) is 38.7 Å². The van der Waals surface area contributed by atoms with Crippen molar-refractivity contribution in [1.29, 1.82) is 0 Å². The molecule has 2 aromatic heterocycles. The van der Waals surface area contributed by atoms with E-state index in [0.717, 1.165) is 28.7 Å². The molecule has 7 heteroatoms. The van der Waals surface area contributed by atoms with Crippen molar-refractivity contribution >= 4 is 34.7 Å². The van der Waals surface area contributed by atoms with Crippen LogP contribution in [0.25, 0.3) is 22.5 Å². The van der Waals surface area contributed by atoms with Gasteiger partial charge in [-0.1, -0.05) is 59.3 Å². The Labute approximate surface area is 188 Å². The van der Waals surface area contributed by atoms with Crippen molar-refractivity contribution in [2.45, 2.75) is 38.2 Å². The number of hydrogen-bond acceptors (Lipinski definition) is 4. The standard InChI is InChI=1S/C23H21ClFN3S2/c1-4-28-22(19-13-29-15(3)21(19)16-7-5-14(2)6-8-16)26-27-23(28)30-12-17-9-10-18(25)11-20(17)24/h5-11,13H,4,12H2,1-3H3. The molecule has 0 aliphatic heterocycles. The van der Waals surface area contributed by atoms with Gasteiger partial charge in [-0.25, -0.2) is 4.39 Å². The van der Waals surface area contributed by atoms with E-state index in [1.165, 1.54) is 33.7 Å². The third-order valence-corrected chi connectivity index (χ3v) is 7.24. The lowest BCUT2D eigenvalue weighted by atomic mass is 10.0. The second kappa shape index (κ2) is 8.92. The fourth-order valence-electron chi connectivity index (χ4n) is 3.36. The topological polar surface area (TPSA) is 30.7 Å². The van der Waals surface area contributed by atoms with Gasteiger partial charge < -0.3 is 4.57 Å². The molecule has 0 amide bonds. The van der Waals surface area contributed by atoms with Crippen LogP contribution < -0.4 is 0 Å². The molecular formula is C23H21ClFN3S2. The van der Waals surface area contributed by atoms with Crippen LogP contribution in [0.1, 0.15) is 22.9 Å². The van der Waals surface area contributed by atoms with E-state index in [2.05, 4.69) is 65.2 Å². The molecule has 3 nitrogen and oxygen atoms in total. The first-order valence-electron chi connectivity index (χ1n) is 9.63. The number of nitrogens with zero attached hydrogens (tertiary/aromatic N) is 3. The fourth-order valence-corrected chi connectivity index (χ4v) is 5.54. The van der Waals surface area contributed by atoms with Crippen LogP contribution in [0.15, 0.2) is 53.0 Å². The Morgan fingerprint density at radius 2 is 1.87 bits per heavy atom. The summed E-state index contributed by atoms with van der Waals surface area (Å²) >= 11 is 9.46. The SMILES string of the molecule is CCn1c(SCc2ccc(F)cc2Cl)nnc1-c1csc(C)c1-c1ccc(C)cc1. The van der Waals surface area contributed by atoms with E-state index in [1.54, 1.807) is 29.2 Å². The number of thiophene rings is 1. The van der Waals surface area contributed by atoms with Crippen LogP contribution in [0, 0.1) is 19.7 Å². The second-order valence-corrected chi connectivity index (χ2v) is 9.45. The van der Waals surface area contributed by atoms with Gasteiger partial charge in [-0.3, -0.25) is 0 Å². The zero-order chi connectivity index (χ0) is 21.3. The van der Waals surface area contributed by atoms with E-state index < -0.39 is 0 Å². The van der Waals surface area contributed by atoms with E-state index in [9.17, 15) is 4.39 Å². The van der Waals surface area contributed by atoms with Crippen molar-refractivity contribution in [3.63, 3.8) is 0 Å². The van der Waals surface area contributed by atoms with Crippen molar-refractivity contribution in [2.75, 3.05) is 0 Å². The van der Waals surface area contributed by atoms with Crippen LogP contribution in [-0.2, 0) is 12.3 Å². The highest BCUT2D eigenvalue weighted by molar-refractivity contribution is 7.98. The summed E-state index contributed by atoms with van der Waals surface area (Å²) in [5.74, 6) is 1.14. The Morgan fingerprint density at radius 1 is 1.10 bits per heavy atom. The zero-order valence-corrected chi connectivity index (χ0v) is 19.3. The molecule has 0 bridgehead atoms. The van der Waals surface area contributed by atoms with Crippen LogP contribution >= 0.6 is 34.7 Å². The molecule has 30 heavy (non-hydrogen) atoms. The van der Waals surface area contributed by atoms with Crippen LogP contribution in [0.4, 0.5) is 4.39 Å². The highest BCUT2D eigenvalue weighted by atomic mass is 35.5. The summed E-state index contributed by atoms with van der Waals surface area (Å²) in [6.07, 6.45) is 0. The van der Waals surface area contributed by atoms with Crippen molar-refractivity contribution in [1.82, 2.24) is 14.8 Å². The molecule has 154 valence electrons. The molecule has 0 spiro atoms. The zero-order valence-electron chi connectivity index (χ0n) is 16.9. The Morgan fingerprint density at radius 3 is 2.57 bits per heavy atom. The summed E-state index contributed by atoms with van der Waals surface area (Å²) in [6, 6.07) is 13.1. The van der Waals surface area contributed by atoms with Gasteiger partial charge in [0.2, 0.25) is 0 Å². The molecule has 0 saturated heterocycles. The third-order valence-electron chi connectivity index (χ3n) is 4.96. The predicted molar refractivity (Wildman–Crippen MR) is 125 cm³/mol. The molecule has 2 aromatic carbocycles. The predicted octanol–water partition coefficient (Wildman–Crippen LogP) is 7.40. The number of rotatable bonds is 6. The second-order valence-electron chi connectivity index (χ2n) is 7.02. The van der Waals surface area contributed by atoms with Crippen molar-refractivity contribution in [3.8, 4) is 22.5 Å². The van der Waals surface area contributed by atoms with E-state index in [0.29, 0.717) is 10.8 Å². The average molecular weight is 458 g/mol. The summed E-state index contributed by atoms with van der Waals surface area (Å²) < 4.78 is 15.4. The number of aromatic nitrogens is 3. The van der Waals surface area contributed by atoms with Gasteiger partial charge in [-0.15, -0.1) is 21.5 Å². The Hall–Kier alpha value is -2.15. The molecule has 0 fully saturated rings. The first-order valence-corrected chi connectivity index (χ1v) is 11.9. The van der Waals surface area contributed by atoms with Crippen LogP contribution in [0.5, 0.6) is 0 Å². The van der Waals surface area contributed by atoms with Gasteiger partial charge in [0.05, 0.1) is 0 Å². The molecule has 0 unspecified atom stereocenters. The Kier molecular flexibility index (Phi) is 6.27. The number of thioether (sulfide) groups is 1. The molecule has 0 saturated carbocycles. The molecule has 4 rings (SSSR count). The van der Waals surface area contributed by atoms with Gasteiger partial charge in [0.25, 0.3) is 0 Å². The van der Waals surface area contributed by atoms with Gasteiger partial charge in [0.1, 0.15) is 5.82 Å². The Bertz CT molecular complexity index is 1180. The van der Waals surface area contributed by atoms with Crippen molar-refractivity contribution in [2.24, 2.45) is 0 Å². The largest absolute Gasteiger partial charge is 0.302 e. The van der Waals surface area contributed by atoms with E-state index in [1.807, 2.05) is 0 Å². The maximum atomic E-state index is 13.3. The van der Waals surface area contributed by atoms with Gasteiger partial charge >= 0.3 is 0 Å². The van der Waals surface area contributed by atoms with E-state index in [4.69, 9.17) is 11.6 Å². The molecule has 0 aliphatic rings. The van der Waals surface area contributed by atoms with Crippen LogP contribution in [0.3, 0.4) is 0 Å². The Balaban J connectivity index is 1.67. The highest BCUT2D eigenvalue weighted by Gasteiger charge is 2.20. The molecule has 2 heterocycles. The minimum atomic E-state index is -0.329. The maximum absolute atomic E-state index is 13.3. The quantitative estimate of drug-likeness (QED) is 0.283. The van der Waals surface area contributed by atoms with E-state index >= 15 is 0 Å². The first-order chi connectivity index (χ1) is 14.5. The van der Waals surface area contributed by atoms with Gasteiger partial charge in [-0.2, -0.15) is 0 Å². The fraction of sp³-hybridized carbons (Fsp3) is 0.217. The summed E-state index contributed by atoms with van der Waals surface area (Å²) in [5, 5.41) is 12.4. The van der Waals surface area contributed by atoms with Crippen molar-refractivity contribution < 1.29 is 4.39 Å². The average Bonchev–Trinajstić information content (AvgIpc) is 3.30.